The van der Waals surface area contributed by atoms with Crippen molar-refractivity contribution in [2.24, 2.45) is 0 Å². The second kappa shape index (κ2) is 8.29. The van der Waals surface area contributed by atoms with E-state index in [9.17, 15) is 4.79 Å². The van der Waals surface area contributed by atoms with Gasteiger partial charge in [0.1, 0.15) is 0 Å². The van der Waals surface area contributed by atoms with Crippen LogP contribution in [-0.4, -0.2) is 53.5 Å². The van der Waals surface area contributed by atoms with E-state index < -0.39 is 0 Å². The first-order valence-corrected chi connectivity index (χ1v) is 8.94. The molecular formula is C19H27N3O2. The number of carbonyl (C=O) groups excluding carboxylic acids is 1. The average molecular weight is 329 g/mol. The molecule has 0 unspecified atom stereocenters. The third-order valence-corrected chi connectivity index (χ3v) is 4.95. The highest BCUT2D eigenvalue weighted by atomic mass is 16.5. The van der Waals surface area contributed by atoms with Crippen LogP contribution in [-0.2, 0) is 16.1 Å². The summed E-state index contributed by atoms with van der Waals surface area (Å²) in [5.41, 5.74) is 1.93. The van der Waals surface area contributed by atoms with Gasteiger partial charge in [-0.25, -0.2) is 0 Å². The van der Waals surface area contributed by atoms with Crippen molar-refractivity contribution in [2.75, 3.05) is 26.7 Å². The number of ether oxygens (including phenoxy) is 1. The van der Waals surface area contributed by atoms with E-state index in [4.69, 9.17) is 4.74 Å². The summed E-state index contributed by atoms with van der Waals surface area (Å²) in [6, 6.07) is 6.55. The normalized spacial score (nSPS) is 21.8. The van der Waals surface area contributed by atoms with Crippen molar-refractivity contribution in [2.45, 2.75) is 44.7 Å². The quantitative estimate of drug-likeness (QED) is 0.852. The number of likely N-dealkylation sites (tertiary alicyclic amines) is 1. The molecule has 1 aromatic rings. The second-order valence-electron chi connectivity index (χ2n) is 6.73. The molecule has 2 aliphatic heterocycles. The lowest BCUT2D eigenvalue weighted by Crippen LogP contribution is -2.36. The summed E-state index contributed by atoms with van der Waals surface area (Å²) in [6.45, 7) is 3.27. The van der Waals surface area contributed by atoms with Gasteiger partial charge >= 0.3 is 0 Å². The van der Waals surface area contributed by atoms with Crippen molar-refractivity contribution in [3.63, 3.8) is 0 Å². The summed E-state index contributed by atoms with van der Waals surface area (Å²) in [5, 5.41) is 0. The number of carbonyl (C=O) groups is 1. The number of nitrogens with zero attached hydrogens (tertiary/aromatic N) is 3. The Balaban J connectivity index is 1.54. The van der Waals surface area contributed by atoms with Crippen LogP contribution in [0.4, 0.5) is 0 Å². The van der Waals surface area contributed by atoms with E-state index >= 15 is 0 Å². The van der Waals surface area contributed by atoms with E-state index in [1.54, 1.807) is 6.26 Å². The van der Waals surface area contributed by atoms with Crippen LogP contribution >= 0.6 is 0 Å². The minimum Gasteiger partial charge on any atom is -0.501 e. The van der Waals surface area contributed by atoms with Gasteiger partial charge in [0.05, 0.1) is 24.1 Å². The lowest BCUT2D eigenvalue weighted by atomic mass is 10.1. The zero-order valence-corrected chi connectivity index (χ0v) is 14.5. The van der Waals surface area contributed by atoms with Crippen LogP contribution < -0.4 is 0 Å². The van der Waals surface area contributed by atoms with E-state index in [2.05, 4.69) is 23.0 Å². The zero-order valence-electron chi connectivity index (χ0n) is 14.5. The fraction of sp³-hybridized carbons (Fsp3) is 0.579. The lowest BCUT2D eigenvalue weighted by molar-refractivity contribution is -0.127. The Bertz CT molecular complexity index is 573. The highest BCUT2D eigenvalue weighted by Crippen LogP contribution is 2.21. The molecule has 0 radical (unpaired) electrons. The molecule has 130 valence electrons. The number of hydrogen-bond acceptors (Lipinski definition) is 4. The van der Waals surface area contributed by atoms with Gasteiger partial charge in [-0.1, -0.05) is 6.07 Å². The number of amides is 1. The molecule has 1 amide bonds. The van der Waals surface area contributed by atoms with Gasteiger partial charge in [0, 0.05) is 31.9 Å². The van der Waals surface area contributed by atoms with Crippen LogP contribution in [0, 0.1) is 0 Å². The highest BCUT2D eigenvalue weighted by molar-refractivity contribution is 5.93. The van der Waals surface area contributed by atoms with E-state index in [0.717, 1.165) is 69.6 Å². The van der Waals surface area contributed by atoms with Crippen LogP contribution in [0.25, 0.3) is 0 Å². The van der Waals surface area contributed by atoms with Gasteiger partial charge in [0.15, 0.2) is 0 Å². The first-order chi connectivity index (χ1) is 11.7. The fourth-order valence-electron chi connectivity index (χ4n) is 3.52. The van der Waals surface area contributed by atoms with Crippen molar-refractivity contribution in [1.29, 1.82) is 0 Å². The summed E-state index contributed by atoms with van der Waals surface area (Å²) in [7, 11) is 2.16. The molecule has 24 heavy (non-hydrogen) atoms. The minimum absolute atomic E-state index is 0.169. The number of pyridine rings is 1. The summed E-state index contributed by atoms with van der Waals surface area (Å²) < 4.78 is 5.33. The van der Waals surface area contributed by atoms with Gasteiger partial charge in [-0.15, -0.1) is 0 Å². The molecule has 3 heterocycles. The lowest BCUT2D eigenvalue weighted by Gasteiger charge is -2.27. The van der Waals surface area contributed by atoms with Crippen LogP contribution in [0.1, 0.15) is 37.8 Å². The summed E-state index contributed by atoms with van der Waals surface area (Å²) in [4.78, 5) is 21.4. The fourth-order valence-corrected chi connectivity index (χ4v) is 3.52. The first-order valence-electron chi connectivity index (χ1n) is 8.94. The molecule has 1 aromatic heterocycles. The molecule has 1 fully saturated rings. The van der Waals surface area contributed by atoms with Crippen LogP contribution in [0.5, 0.6) is 0 Å². The predicted molar refractivity (Wildman–Crippen MR) is 93.2 cm³/mol. The van der Waals surface area contributed by atoms with Crippen LogP contribution in [0.3, 0.4) is 0 Å². The molecule has 5 heteroatoms. The van der Waals surface area contributed by atoms with E-state index in [1.165, 1.54) is 0 Å². The Morgan fingerprint density at radius 2 is 2.25 bits per heavy atom. The third-order valence-electron chi connectivity index (χ3n) is 4.95. The monoisotopic (exact) mass is 329 g/mol. The molecule has 1 atom stereocenters. The maximum absolute atomic E-state index is 12.6. The molecule has 3 rings (SSSR count). The molecule has 0 aliphatic carbocycles. The average Bonchev–Trinajstić information content (AvgIpc) is 2.89. The Kier molecular flexibility index (Phi) is 5.86. The third kappa shape index (κ3) is 4.35. The topological polar surface area (TPSA) is 45.7 Å². The summed E-state index contributed by atoms with van der Waals surface area (Å²) in [6.07, 6.45) is 8.50. The van der Waals surface area contributed by atoms with Gasteiger partial charge in [0.2, 0.25) is 0 Å². The van der Waals surface area contributed by atoms with Gasteiger partial charge in [-0.05, 0) is 51.3 Å². The molecule has 2 aliphatic rings. The molecule has 0 saturated carbocycles. The van der Waals surface area contributed by atoms with E-state index in [-0.39, 0.29) is 5.91 Å². The smallest absolute Gasteiger partial charge is 0.252 e. The number of rotatable bonds is 4. The highest BCUT2D eigenvalue weighted by Gasteiger charge is 2.25. The van der Waals surface area contributed by atoms with Crippen LogP contribution in [0.15, 0.2) is 36.2 Å². The number of hydrogen-bond donors (Lipinski definition) is 0. The zero-order chi connectivity index (χ0) is 16.8. The van der Waals surface area contributed by atoms with Crippen molar-refractivity contribution in [3.05, 3.63) is 41.9 Å². The molecule has 0 N–H and O–H groups in total. The Morgan fingerprint density at radius 1 is 1.33 bits per heavy atom. The maximum Gasteiger partial charge on any atom is 0.252 e. The SMILES string of the molecule is CN(Cc1ccccn1)[C@H]1CCCN(C(=O)C2=COCCC2)CC1. The molecule has 1 saturated heterocycles. The van der Waals surface area contributed by atoms with Gasteiger partial charge in [-0.2, -0.15) is 0 Å². The molecule has 0 aromatic carbocycles. The second-order valence-corrected chi connectivity index (χ2v) is 6.73. The minimum atomic E-state index is 0.169. The Hall–Kier alpha value is -1.88. The van der Waals surface area contributed by atoms with Crippen molar-refractivity contribution >= 4 is 5.91 Å². The van der Waals surface area contributed by atoms with Crippen molar-refractivity contribution in [1.82, 2.24) is 14.8 Å². The van der Waals surface area contributed by atoms with Gasteiger partial charge in [-0.3, -0.25) is 14.7 Å². The van der Waals surface area contributed by atoms with Crippen LogP contribution in [0.2, 0.25) is 0 Å². The van der Waals surface area contributed by atoms with E-state index in [0.29, 0.717) is 6.04 Å². The van der Waals surface area contributed by atoms with Gasteiger partial charge in [0.25, 0.3) is 5.91 Å². The van der Waals surface area contributed by atoms with Crippen molar-refractivity contribution < 1.29 is 9.53 Å². The van der Waals surface area contributed by atoms with E-state index in [1.807, 2.05) is 23.2 Å². The predicted octanol–water partition coefficient (Wildman–Crippen LogP) is 2.59. The van der Waals surface area contributed by atoms with Crippen molar-refractivity contribution in [3.8, 4) is 0 Å². The molecular weight excluding hydrogens is 302 g/mol. The largest absolute Gasteiger partial charge is 0.501 e. The number of aromatic nitrogens is 1. The summed E-state index contributed by atoms with van der Waals surface area (Å²) in [5.74, 6) is 0.169. The standard InChI is InChI=1S/C19H27N3O2/c1-21(14-17-7-2-3-10-20-17)18-8-4-11-22(12-9-18)19(23)16-6-5-13-24-15-16/h2-3,7,10,15,18H,4-6,8-9,11-14H2,1H3/t18-/m0/s1. The summed E-state index contributed by atoms with van der Waals surface area (Å²) >= 11 is 0. The molecule has 0 spiro atoms. The Morgan fingerprint density at radius 3 is 3.00 bits per heavy atom. The molecule has 0 bridgehead atoms. The first kappa shape index (κ1) is 17.0. The van der Waals surface area contributed by atoms with Gasteiger partial charge < -0.3 is 9.64 Å². The molecule has 5 nitrogen and oxygen atoms in total. The maximum atomic E-state index is 12.6. The Labute approximate surface area is 144 Å².